The van der Waals surface area contributed by atoms with Crippen LogP contribution < -0.4 is 0 Å². The lowest BCUT2D eigenvalue weighted by Crippen LogP contribution is -2.18. The van der Waals surface area contributed by atoms with Crippen molar-refractivity contribution in [3.05, 3.63) is 24.3 Å². The smallest absolute Gasteiger partial charge is 0.00147 e. The van der Waals surface area contributed by atoms with Crippen molar-refractivity contribution in [3.8, 4) is 0 Å². The highest BCUT2D eigenvalue weighted by Crippen LogP contribution is 2.85. The maximum absolute atomic E-state index is 4.42. The van der Waals surface area contributed by atoms with Gasteiger partial charge in [-0.15, -0.1) is 0 Å². The van der Waals surface area contributed by atoms with Gasteiger partial charge in [-0.05, 0) is 67.3 Å². The summed E-state index contributed by atoms with van der Waals surface area (Å²) in [4.78, 5) is 0. The molecule has 0 radical (unpaired) electrons. The third-order valence-corrected chi connectivity index (χ3v) is 6.97. The molecule has 0 saturated heterocycles. The van der Waals surface area contributed by atoms with Crippen LogP contribution in [0.25, 0.3) is 0 Å². The summed E-state index contributed by atoms with van der Waals surface area (Å²) in [6.45, 7) is 22.7. The second-order valence-corrected chi connectivity index (χ2v) is 8.40. The van der Waals surface area contributed by atoms with E-state index in [0.29, 0.717) is 10.8 Å². The fourth-order valence-corrected chi connectivity index (χ4v) is 4.59. The van der Waals surface area contributed by atoms with Crippen molar-refractivity contribution in [2.45, 2.75) is 67.2 Å². The molecule has 1 spiro atoms. The van der Waals surface area contributed by atoms with Gasteiger partial charge < -0.3 is 0 Å². The lowest BCUT2D eigenvalue weighted by atomic mass is 9.78. The van der Waals surface area contributed by atoms with Crippen molar-refractivity contribution in [1.29, 1.82) is 0 Å². The third kappa shape index (κ3) is 2.30. The molecular formula is C20H34. The quantitative estimate of drug-likeness (QED) is 0.482. The molecule has 5 atom stereocenters. The van der Waals surface area contributed by atoms with E-state index < -0.39 is 0 Å². The maximum atomic E-state index is 4.42. The van der Waals surface area contributed by atoms with Crippen LogP contribution in [0.3, 0.4) is 0 Å². The zero-order chi connectivity index (χ0) is 15.3. The van der Waals surface area contributed by atoms with E-state index in [4.69, 9.17) is 0 Å². The second-order valence-electron chi connectivity index (χ2n) is 8.40. The second kappa shape index (κ2) is 5.04. The molecule has 2 saturated carbocycles. The summed E-state index contributed by atoms with van der Waals surface area (Å²) < 4.78 is 0. The van der Waals surface area contributed by atoms with E-state index in [1.807, 2.05) is 0 Å². The first-order chi connectivity index (χ1) is 9.18. The number of rotatable bonds is 7. The number of hydrogen-bond acceptors (Lipinski definition) is 0. The van der Waals surface area contributed by atoms with Gasteiger partial charge in [0.25, 0.3) is 0 Å². The molecule has 2 aliphatic carbocycles. The molecular weight excluding hydrogens is 240 g/mol. The molecule has 2 fully saturated rings. The molecule has 0 aromatic heterocycles. The van der Waals surface area contributed by atoms with Crippen LogP contribution in [0.15, 0.2) is 24.3 Å². The predicted molar refractivity (Wildman–Crippen MR) is 89.6 cm³/mol. The predicted octanol–water partition coefficient (Wildman–Crippen LogP) is 6.24. The van der Waals surface area contributed by atoms with Crippen molar-refractivity contribution in [2.24, 2.45) is 34.5 Å². The lowest BCUT2D eigenvalue weighted by Gasteiger charge is -2.27. The van der Waals surface area contributed by atoms with Gasteiger partial charge in [0, 0.05) is 5.41 Å². The third-order valence-electron chi connectivity index (χ3n) is 6.97. The van der Waals surface area contributed by atoms with Crippen LogP contribution in [0, 0.1) is 34.5 Å². The Bertz CT molecular complexity index is 416. The van der Waals surface area contributed by atoms with Crippen LogP contribution in [0.1, 0.15) is 67.2 Å². The van der Waals surface area contributed by atoms with E-state index in [-0.39, 0.29) is 0 Å². The summed E-state index contributed by atoms with van der Waals surface area (Å²) in [6, 6.07) is 0. The summed E-state index contributed by atoms with van der Waals surface area (Å²) in [5.74, 6) is 3.34. The van der Waals surface area contributed by atoms with Crippen molar-refractivity contribution in [2.75, 3.05) is 0 Å². The summed E-state index contributed by atoms with van der Waals surface area (Å²) in [7, 11) is 0. The Kier molecular flexibility index (Phi) is 4.00. The molecule has 20 heavy (non-hydrogen) atoms. The maximum Gasteiger partial charge on any atom is 0.00147 e. The highest BCUT2D eigenvalue weighted by molar-refractivity contribution is 5.44. The van der Waals surface area contributed by atoms with Gasteiger partial charge in [0.1, 0.15) is 0 Å². The molecule has 2 rings (SSSR count). The molecule has 0 bridgehead atoms. The van der Waals surface area contributed by atoms with E-state index in [9.17, 15) is 0 Å². The van der Waals surface area contributed by atoms with E-state index in [0.717, 1.165) is 23.7 Å². The lowest BCUT2D eigenvalue weighted by molar-refractivity contribution is 0.260. The van der Waals surface area contributed by atoms with Gasteiger partial charge in [-0.2, -0.15) is 0 Å². The summed E-state index contributed by atoms with van der Waals surface area (Å²) >= 11 is 0. The summed E-state index contributed by atoms with van der Waals surface area (Å²) in [6.07, 6.45) is 5.49. The Morgan fingerprint density at radius 3 is 2.10 bits per heavy atom. The van der Waals surface area contributed by atoms with Gasteiger partial charge in [-0.1, -0.05) is 53.3 Å². The van der Waals surface area contributed by atoms with Crippen LogP contribution >= 0.6 is 0 Å². The van der Waals surface area contributed by atoms with Crippen LogP contribution in [0.4, 0.5) is 0 Å². The Morgan fingerprint density at radius 2 is 1.75 bits per heavy atom. The fourth-order valence-electron chi connectivity index (χ4n) is 4.59. The first-order valence-corrected chi connectivity index (χ1v) is 8.53. The van der Waals surface area contributed by atoms with Crippen LogP contribution in [0.5, 0.6) is 0 Å². The van der Waals surface area contributed by atoms with Crippen LogP contribution in [-0.2, 0) is 0 Å². The molecule has 0 aliphatic heterocycles. The first kappa shape index (κ1) is 15.9. The molecule has 0 aromatic rings. The topological polar surface area (TPSA) is 0 Å². The van der Waals surface area contributed by atoms with Crippen molar-refractivity contribution >= 4 is 0 Å². The molecule has 0 N–H and O–H groups in total. The fraction of sp³-hybridized carbons (Fsp3) is 0.800. The minimum atomic E-state index is 0.420. The van der Waals surface area contributed by atoms with Crippen LogP contribution in [0.2, 0.25) is 0 Å². The minimum absolute atomic E-state index is 0.420. The molecule has 2 aliphatic rings. The van der Waals surface area contributed by atoms with Crippen molar-refractivity contribution < 1.29 is 0 Å². The molecule has 0 heterocycles. The Balaban J connectivity index is 2.02. The monoisotopic (exact) mass is 274 g/mol. The van der Waals surface area contributed by atoms with Gasteiger partial charge in [0.05, 0.1) is 0 Å². The van der Waals surface area contributed by atoms with E-state index in [1.165, 1.54) is 36.8 Å². The molecule has 0 nitrogen and oxygen atoms in total. The minimum Gasteiger partial charge on any atom is -0.0958 e. The summed E-state index contributed by atoms with van der Waals surface area (Å²) in [5.41, 5.74) is 3.63. The Morgan fingerprint density at radius 1 is 1.20 bits per heavy atom. The average Bonchev–Trinajstić information content (AvgIpc) is 3.22. The van der Waals surface area contributed by atoms with Gasteiger partial charge in [-0.25, -0.2) is 0 Å². The highest BCUT2D eigenvalue weighted by atomic mass is 14.8. The molecule has 0 amide bonds. The van der Waals surface area contributed by atoms with Gasteiger partial charge in [0.2, 0.25) is 0 Å². The van der Waals surface area contributed by atoms with Gasteiger partial charge >= 0.3 is 0 Å². The van der Waals surface area contributed by atoms with Gasteiger partial charge in [0.15, 0.2) is 0 Å². The Hall–Kier alpha value is -0.520. The largest absolute Gasteiger partial charge is 0.0958 e. The van der Waals surface area contributed by atoms with Crippen molar-refractivity contribution in [3.63, 3.8) is 0 Å². The van der Waals surface area contributed by atoms with E-state index in [2.05, 4.69) is 54.7 Å². The molecule has 0 heteroatoms. The number of hydrogen-bond donors (Lipinski definition) is 0. The van der Waals surface area contributed by atoms with Crippen LogP contribution in [-0.4, -0.2) is 0 Å². The number of allylic oxidation sites excluding steroid dienone is 2. The SMILES string of the molecule is C=C(C)C(=C)C1(CCC(C)C(C)C(C)C)CC12CC2C. The zero-order valence-corrected chi connectivity index (χ0v) is 14.6. The normalized spacial score (nSPS) is 37.9. The van der Waals surface area contributed by atoms with Gasteiger partial charge in [-0.3, -0.25) is 0 Å². The standard InChI is InChI=1S/C20H34/c1-13(2)17(7)15(5)9-10-19(18(8)14(3)4)12-20(19)11-16(20)6/h13,15-17H,3,8-12H2,1-2,4-7H3. The average molecular weight is 274 g/mol. The zero-order valence-electron chi connectivity index (χ0n) is 14.6. The molecule has 0 aromatic carbocycles. The molecule has 5 unspecified atom stereocenters. The van der Waals surface area contributed by atoms with Crippen molar-refractivity contribution in [1.82, 2.24) is 0 Å². The summed E-state index contributed by atoms with van der Waals surface area (Å²) in [5, 5.41) is 0. The van der Waals surface area contributed by atoms with E-state index >= 15 is 0 Å². The molecule has 114 valence electrons. The van der Waals surface area contributed by atoms with E-state index in [1.54, 1.807) is 0 Å². The first-order valence-electron chi connectivity index (χ1n) is 8.53. The Labute approximate surface area is 126 Å². The highest BCUT2D eigenvalue weighted by Gasteiger charge is 2.77.